The van der Waals surface area contributed by atoms with Gasteiger partial charge >= 0.3 is 0 Å². The highest BCUT2D eigenvalue weighted by molar-refractivity contribution is 5.17. The molecule has 2 aliphatic rings. The van der Waals surface area contributed by atoms with Crippen LogP contribution < -0.4 is 0 Å². The van der Waals surface area contributed by atoms with Gasteiger partial charge in [-0.25, -0.2) is 4.90 Å². The minimum atomic E-state index is 0. The first-order chi connectivity index (χ1) is 14.8. The van der Waals surface area contributed by atoms with Crippen molar-refractivity contribution in [2.24, 2.45) is 0 Å². The van der Waals surface area contributed by atoms with E-state index in [1.165, 1.54) is 47.4 Å². The molecule has 5 rings (SSSR count). The van der Waals surface area contributed by atoms with Gasteiger partial charge in [-0.2, -0.15) is 0 Å². The molecule has 3 aromatic carbocycles. The summed E-state index contributed by atoms with van der Waals surface area (Å²) in [7, 11) is 0. The van der Waals surface area contributed by atoms with Crippen molar-refractivity contribution in [2.75, 3.05) is 32.7 Å². The third-order valence-corrected chi connectivity index (χ3v) is 6.99. The number of piperazine rings is 1. The highest BCUT2D eigenvalue weighted by atomic mass is 15.6. The largest absolute Gasteiger partial charge is 0.358 e. The third-order valence-electron chi connectivity index (χ3n) is 6.99. The number of benzene rings is 3. The summed E-state index contributed by atoms with van der Waals surface area (Å²) in [5.41, 5.74) is 4.33. The van der Waals surface area contributed by atoms with Gasteiger partial charge in [0.25, 0.3) is 0 Å². The van der Waals surface area contributed by atoms with Crippen molar-refractivity contribution in [3.63, 3.8) is 0 Å². The lowest BCUT2D eigenvalue weighted by atomic mass is 10.1. The second-order valence-corrected chi connectivity index (χ2v) is 8.97. The first-order valence-electron chi connectivity index (χ1n) is 11.2. The molecule has 2 atom stereocenters. The van der Waals surface area contributed by atoms with Crippen LogP contribution in [0.15, 0.2) is 91.0 Å². The number of fused-ring (bicyclic) bond motifs is 1. The van der Waals surface area contributed by atoms with Crippen LogP contribution in [0.1, 0.15) is 16.7 Å². The van der Waals surface area contributed by atoms with Crippen molar-refractivity contribution < 1.29 is 4.48 Å². The summed E-state index contributed by atoms with van der Waals surface area (Å²) in [4.78, 5) is 5.42. The molecular formula is C28H35N3. The molecule has 31 heavy (non-hydrogen) atoms. The van der Waals surface area contributed by atoms with Gasteiger partial charge in [-0.1, -0.05) is 91.0 Å². The molecule has 2 heterocycles. The molecule has 0 N–H and O–H groups in total. The average molecular weight is 414 g/mol. The summed E-state index contributed by atoms with van der Waals surface area (Å²) in [5.74, 6) is 0. The summed E-state index contributed by atoms with van der Waals surface area (Å²) in [6, 6.07) is 33.1. The molecular weight excluding hydrogens is 378 g/mol. The highest BCUT2D eigenvalue weighted by Crippen LogP contribution is 2.33. The lowest BCUT2D eigenvalue weighted by Gasteiger charge is -2.48. The van der Waals surface area contributed by atoms with Gasteiger partial charge in [0.1, 0.15) is 6.54 Å². The third kappa shape index (κ3) is 4.90. The molecule has 0 aromatic heterocycles. The van der Waals surface area contributed by atoms with Gasteiger partial charge in [0.2, 0.25) is 0 Å². The Labute approximate surface area is 188 Å². The van der Waals surface area contributed by atoms with Crippen LogP contribution in [0.3, 0.4) is 0 Å². The van der Waals surface area contributed by atoms with Crippen LogP contribution in [0.2, 0.25) is 0 Å². The lowest BCUT2D eigenvalue weighted by Crippen LogP contribution is -2.64. The minimum Gasteiger partial charge on any atom is -0.358 e. The molecule has 2 saturated heterocycles. The van der Waals surface area contributed by atoms with Crippen molar-refractivity contribution in [1.29, 1.82) is 0 Å². The normalized spacial score (nSPS) is 23.8. The Bertz CT molecular complexity index is 928. The Hall–Kier alpha value is -2.46. The topological polar surface area (TPSA) is 6.48 Å². The van der Waals surface area contributed by atoms with E-state index in [-0.39, 0.29) is 7.43 Å². The van der Waals surface area contributed by atoms with Gasteiger partial charge in [0.15, 0.2) is 6.17 Å². The second kappa shape index (κ2) is 9.78. The SMILES string of the molecule is [CH3-].c1ccc(CN2CC[N+]3(Cc4ccccc4)CCN(Cc4ccccc4)C3C2)cc1. The summed E-state index contributed by atoms with van der Waals surface area (Å²) >= 11 is 0. The average Bonchev–Trinajstić information content (AvgIpc) is 3.13. The number of nitrogens with zero attached hydrogens (tertiary/aromatic N) is 3. The minimum absolute atomic E-state index is 0. The molecule has 3 nitrogen and oxygen atoms in total. The first-order valence-corrected chi connectivity index (χ1v) is 11.2. The van der Waals surface area contributed by atoms with E-state index < -0.39 is 0 Å². The van der Waals surface area contributed by atoms with E-state index in [0.717, 1.165) is 26.2 Å². The Morgan fingerprint density at radius 1 is 0.645 bits per heavy atom. The molecule has 0 spiro atoms. The monoisotopic (exact) mass is 413 g/mol. The zero-order chi connectivity index (χ0) is 20.2. The molecule has 0 saturated carbocycles. The molecule has 0 aliphatic carbocycles. The molecule has 0 bridgehead atoms. The number of hydrogen-bond donors (Lipinski definition) is 0. The Morgan fingerprint density at radius 2 is 1.16 bits per heavy atom. The van der Waals surface area contributed by atoms with Crippen LogP contribution in [0.4, 0.5) is 0 Å². The maximum absolute atomic E-state index is 2.75. The predicted molar refractivity (Wildman–Crippen MR) is 129 cm³/mol. The fourth-order valence-electron chi connectivity index (χ4n) is 5.38. The molecule has 2 fully saturated rings. The predicted octanol–water partition coefficient (Wildman–Crippen LogP) is 4.81. The van der Waals surface area contributed by atoms with Crippen molar-refractivity contribution in [2.45, 2.75) is 25.8 Å². The summed E-state index contributed by atoms with van der Waals surface area (Å²) in [5, 5.41) is 0. The molecule has 2 unspecified atom stereocenters. The molecule has 0 radical (unpaired) electrons. The van der Waals surface area contributed by atoms with Crippen molar-refractivity contribution in [1.82, 2.24) is 9.80 Å². The number of quaternary nitrogens is 1. The Morgan fingerprint density at radius 3 is 1.77 bits per heavy atom. The molecule has 0 amide bonds. The van der Waals surface area contributed by atoms with E-state index in [0.29, 0.717) is 6.17 Å². The fourth-order valence-corrected chi connectivity index (χ4v) is 5.38. The van der Waals surface area contributed by atoms with E-state index in [2.05, 4.69) is 101 Å². The second-order valence-electron chi connectivity index (χ2n) is 8.97. The standard InChI is InChI=1S/C27H32N3.CH3/c1-4-10-24(11-5-1)20-28-16-18-30(23-26-14-8-3-9-15-26)19-17-29(27(30)22-28)21-25-12-6-2-7-13-25;/h1-15,27H,16-23H2;1H3/q+1;-1. The van der Waals surface area contributed by atoms with Crippen molar-refractivity contribution in [3.8, 4) is 0 Å². The zero-order valence-electron chi connectivity index (χ0n) is 18.7. The van der Waals surface area contributed by atoms with Gasteiger partial charge in [0, 0.05) is 25.2 Å². The number of hydrogen-bond acceptors (Lipinski definition) is 2. The summed E-state index contributed by atoms with van der Waals surface area (Å²) < 4.78 is 1.21. The van der Waals surface area contributed by atoms with Gasteiger partial charge in [-0.15, -0.1) is 0 Å². The van der Waals surface area contributed by atoms with Gasteiger partial charge in [0.05, 0.1) is 26.2 Å². The maximum atomic E-state index is 2.75. The Balaban J connectivity index is 0.00000231. The van der Waals surface area contributed by atoms with Crippen LogP contribution >= 0.6 is 0 Å². The first kappa shape index (κ1) is 21.8. The van der Waals surface area contributed by atoms with Crippen LogP contribution in [-0.4, -0.2) is 53.2 Å². The van der Waals surface area contributed by atoms with Crippen molar-refractivity contribution in [3.05, 3.63) is 115 Å². The van der Waals surface area contributed by atoms with E-state index in [1.807, 2.05) is 0 Å². The van der Waals surface area contributed by atoms with Gasteiger partial charge in [-0.3, -0.25) is 4.90 Å². The molecule has 2 aliphatic heterocycles. The smallest absolute Gasteiger partial charge is 0.159 e. The summed E-state index contributed by atoms with van der Waals surface area (Å²) in [6.07, 6.45) is 0.558. The van der Waals surface area contributed by atoms with Gasteiger partial charge in [-0.05, 0) is 11.1 Å². The Kier molecular flexibility index (Phi) is 6.86. The fraction of sp³-hybridized carbons (Fsp3) is 0.321. The van der Waals surface area contributed by atoms with E-state index in [4.69, 9.17) is 0 Å². The van der Waals surface area contributed by atoms with Gasteiger partial charge < -0.3 is 11.9 Å². The van der Waals surface area contributed by atoms with E-state index in [9.17, 15) is 0 Å². The lowest BCUT2D eigenvalue weighted by molar-refractivity contribution is -0.961. The van der Waals surface area contributed by atoms with Crippen LogP contribution in [0.25, 0.3) is 0 Å². The molecule has 162 valence electrons. The molecule has 3 aromatic rings. The number of rotatable bonds is 6. The summed E-state index contributed by atoms with van der Waals surface area (Å²) in [6.45, 7) is 9.26. The highest BCUT2D eigenvalue weighted by Gasteiger charge is 2.49. The van der Waals surface area contributed by atoms with E-state index >= 15 is 0 Å². The van der Waals surface area contributed by atoms with E-state index in [1.54, 1.807) is 0 Å². The van der Waals surface area contributed by atoms with Crippen molar-refractivity contribution >= 4 is 0 Å². The quantitative estimate of drug-likeness (QED) is 0.423. The maximum Gasteiger partial charge on any atom is 0.159 e. The zero-order valence-corrected chi connectivity index (χ0v) is 18.7. The molecule has 3 heteroatoms. The van der Waals surface area contributed by atoms with Crippen LogP contribution in [-0.2, 0) is 19.6 Å². The van der Waals surface area contributed by atoms with Crippen LogP contribution in [0.5, 0.6) is 0 Å². The van der Waals surface area contributed by atoms with Crippen LogP contribution in [0, 0.1) is 7.43 Å².